The van der Waals surface area contributed by atoms with Crippen LogP contribution in [0.4, 0.5) is 31.1 Å². The van der Waals surface area contributed by atoms with Crippen molar-refractivity contribution >= 4 is 40.8 Å². The molecule has 1 aromatic rings. The van der Waals surface area contributed by atoms with E-state index in [1.165, 1.54) is 0 Å². The number of nitrogens with two attached hydrogens (primary N) is 2. The van der Waals surface area contributed by atoms with Gasteiger partial charge in [-0.05, 0) is 18.2 Å². The van der Waals surface area contributed by atoms with Crippen molar-refractivity contribution in [1.82, 2.24) is 15.1 Å². The Hall–Kier alpha value is -3.78. The lowest BCUT2D eigenvalue weighted by Gasteiger charge is -2.48. The SMILES string of the molecule is NC1=N[C@H]2[C@H](CN3C(=O)CSC3=O)N=C(N)N3C[C@H](OC(=O)c4cc(C(F)(F)F)ccc4C(F)(F)F)C(O)(O)C23N1. The van der Waals surface area contributed by atoms with Crippen LogP contribution in [-0.4, -0.2) is 97.5 Å². The van der Waals surface area contributed by atoms with Gasteiger partial charge in [-0.25, -0.2) is 14.8 Å². The number of hydrogen-bond donors (Lipinski definition) is 5. The first-order valence-corrected chi connectivity index (χ1v) is 12.5. The minimum absolute atomic E-state index is 0.0543. The van der Waals surface area contributed by atoms with Crippen molar-refractivity contribution in [2.24, 2.45) is 21.5 Å². The molecule has 41 heavy (non-hydrogen) atoms. The van der Waals surface area contributed by atoms with Gasteiger partial charge in [0.05, 0.1) is 41.6 Å². The van der Waals surface area contributed by atoms with Gasteiger partial charge in [-0.1, -0.05) is 11.8 Å². The first-order chi connectivity index (χ1) is 18.9. The van der Waals surface area contributed by atoms with E-state index in [-0.39, 0.29) is 29.9 Å². The molecule has 0 bridgehead atoms. The zero-order valence-corrected chi connectivity index (χ0v) is 21.0. The summed E-state index contributed by atoms with van der Waals surface area (Å²) < 4.78 is 85.3. The van der Waals surface area contributed by atoms with E-state index >= 15 is 0 Å². The topological polar surface area (TPSA) is 196 Å². The zero-order chi connectivity index (χ0) is 30.3. The van der Waals surface area contributed by atoms with Crippen LogP contribution < -0.4 is 16.8 Å². The smallest absolute Gasteiger partial charge is 0.417 e. The first-order valence-electron chi connectivity index (χ1n) is 11.5. The van der Waals surface area contributed by atoms with Crippen LogP contribution >= 0.6 is 11.8 Å². The molecule has 0 saturated carbocycles. The van der Waals surface area contributed by atoms with E-state index in [4.69, 9.17) is 16.2 Å². The number of imide groups is 1. The maximum atomic E-state index is 13.6. The highest BCUT2D eigenvalue weighted by Gasteiger charge is 2.74. The molecule has 0 aliphatic carbocycles. The van der Waals surface area contributed by atoms with E-state index in [9.17, 15) is 50.9 Å². The molecule has 222 valence electrons. The van der Waals surface area contributed by atoms with Crippen molar-refractivity contribution in [3.63, 3.8) is 0 Å². The van der Waals surface area contributed by atoms with Gasteiger partial charge in [0.2, 0.25) is 11.7 Å². The molecule has 2 amide bonds. The van der Waals surface area contributed by atoms with Crippen molar-refractivity contribution in [1.29, 1.82) is 0 Å². The number of rotatable bonds is 4. The highest BCUT2D eigenvalue weighted by atomic mass is 32.2. The molecule has 2 fully saturated rings. The minimum Gasteiger partial charge on any atom is -0.451 e. The standard InChI is InChI=1S/C21H19F6N7O6S/c22-20(23,24)7-1-2-9(21(25,26)27)8(3-7)14(36)40-11-5-34-16(29)30-10(4-33-12(35)6-41-17(33)37)13-18(34,19(11,38)39)32-15(28)31-13/h1-3,10-11,13,38-39H,4-6H2,(H2,29,30)(H3,28,31,32)/t10-,11-,13-,18?/m0/s1. The Balaban J connectivity index is 1.49. The molecule has 4 aliphatic heterocycles. The van der Waals surface area contributed by atoms with Crippen LogP contribution in [0, 0.1) is 0 Å². The van der Waals surface area contributed by atoms with Crippen LogP contribution in [0.3, 0.4) is 0 Å². The largest absolute Gasteiger partial charge is 0.451 e. The number of carbonyl (C=O) groups excluding carboxylic acids is 3. The number of ether oxygens (including phenoxy) is 1. The van der Waals surface area contributed by atoms with Gasteiger partial charge < -0.3 is 36.6 Å². The number of benzene rings is 1. The Morgan fingerprint density at radius 2 is 1.83 bits per heavy atom. The summed E-state index contributed by atoms with van der Waals surface area (Å²) in [5.74, 6) is -6.74. The van der Waals surface area contributed by atoms with Crippen molar-refractivity contribution in [2.45, 2.75) is 42.0 Å². The Bertz CT molecular complexity index is 1390. The molecule has 0 radical (unpaired) electrons. The molecular formula is C21H19F6N7O6S. The number of hydrogen-bond acceptors (Lipinski definition) is 13. The Morgan fingerprint density at radius 3 is 2.41 bits per heavy atom. The second kappa shape index (κ2) is 9.11. The molecule has 0 aromatic heterocycles. The van der Waals surface area contributed by atoms with Crippen LogP contribution in [-0.2, 0) is 21.9 Å². The van der Waals surface area contributed by atoms with Gasteiger partial charge in [0, 0.05) is 0 Å². The van der Waals surface area contributed by atoms with Gasteiger partial charge in [-0.2, -0.15) is 26.3 Å². The highest BCUT2D eigenvalue weighted by Crippen LogP contribution is 2.46. The van der Waals surface area contributed by atoms with E-state index in [2.05, 4.69) is 15.3 Å². The van der Waals surface area contributed by atoms with Crippen LogP contribution in [0.1, 0.15) is 21.5 Å². The molecule has 1 aromatic carbocycles. The number of alkyl halides is 6. The van der Waals surface area contributed by atoms with Gasteiger partial charge in [-0.15, -0.1) is 0 Å². The summed E-state index contributed by atoms with van der Waals surface area (Å²) in [5, 5.41) is 24.5. The summed E-state index contributed by atoms with van der Waals surface area (Å²) in [6, 6.07) is -2.49. The lowest BCUT2D eigenvalue weighted by molar-refractivity contribution is -0.256. The summed E-state index contributed by atoms with van der Waals surface area (Å²) in [4.78, 5) is 47.3. The number of nitrogens with zero attached hydrogens (tertiary/aromatic N) is 4. The highest BCUT2D eigenvalue weighted by molar-refractivity contribution is 8.14. The normalized spacial score (nSPS) is 29.1. The average Bonchev–Trinajstić information content (AvgIpc) is 3.45. The molecule has 1 unspecified atom stereocenters. The summed E-state index contributed by atoms with van der Waals surface area (Å²) in [6.45, 7) is -1.14. The van der Waals surface area contributed by atoms with Crippen molar-refractivity contribution in [3.05, 3.63) is 34.9 Å². The number of halogens is 6. The van der Waals surface area contributed by atoms with Gasteiger partial charge >= 0.3 is 18.3 Å². The fourth-order valence-corrected chi connectivity index (χ4v) is 5.98. The maximum absolute atomic E-state index is 13.6. The van der Waals surface area contributed by atoms with E-state index in [0.29, 0.717) is 0 Å². The lowest BCUT2D eigenvalue weighted by Crippen LogP contribution is -2.77. The number of nitrogens with one attached hydrogen (secondary N) is 1. The predicted octanol–water partition coefficient (Wildman–Crippen LogP) is -0.379. The van der Waals surface area contributed by atoms with E-state index in [1.807, 2.05) is 0 Å². The molecule has 13 nitrogen and oxygen atoms in total. The average molecular weight is 611 g/mol. The third-order valence-corrected chi connectivity index (χ3v) is 7.94. The quantitative estimate of drug-likeness (QED) is 0.169. The van der Waals surface area contributed by atoms with E-state index in [0.717, 1.165) is 21.6 Å². The van der Waals surface area contributed by atoms with E-state index in [1.54, 1.807) is 0 Å². The van der Waals surface area contributed by atoms with Crippen molar-refractivity contribution < 1.29 is 55.7 Å². The van der Waals surface area contributed by atoms with Crippen molar-refractivity contribution in [2.75, 3.05) is 18.8 Å². The second-order valence-electron chi connectivity index (χ2n) is 9.45. The molecular weight excluding hydrogens is 592 g/mol. The lowest BCUT2D eigenvalue weighted by atomic mass is 9.85. The zero-order valence-electron chi connectivity index (χ0n) is 20.2. The molecule has 1 spiro atoms. The summed E-state index contributed by atoms with van der Waals surface area (Å²) in [7, 11) is 0. The summed E-state index contributed by atoms with van der Waals surface area (Å²) >= 11 is 0.721. The van der Waals surface area contributed by atoms with E-state index < -0.39 is 94.8 Å². The molecule has 2 saturated heterocycles. The fraction of sp³-hybridized carbons (Fsp3) is 0.476. The van der Waals surface area contributed by atoms with Crippen molar-refractivity contribution in [3.8, 4) is 0 Å². The molecule has 4 atom stereocenters. The number of esters is 1. The third kappa shape index (κ3) is 4.40. The summed E-state index contributed by atoms with van der Waals surface area (Å²) in [6.07, 6.45) is -12.5. The third-order valence-electron chi connectivity index (χ3n) is 7.08. The van der Waals surface area contributed by atoms with Crippen LogP contribution in [0.5, 0.6) is 0 Å². The number of carbonyl (C=O) groups is 3. The number of aliphatic imine (C=N–C) groups is 2. The summed E-state index contributed by atoms with van der Waals surface area (Å²) in [5.41, 5.74) is 4.71. The molecule has 5 rings (SSSR count). The monoisotopic (exact) mass is 611 g/mol. The maximum Gasteiger partial charge on any atom is 0.417 e. The molecule has 7 N–H and O–H groups in total. The number of guanidine groups is 2. The number of aliphatic hydroxyl groups is 2. The van der Waals surface area contributed by atoms with Gasteiger partial charge in [0.25, 0.3) is 5.24 Å². The van der Waals surface area contributed by atoms with Crippen LogP contribution in [0.25, 0.3) is 0 Å². The van der Waals surface area contributed by atoms with Gasteiger partial charge in [0.1, 0.15) is 6.04 Å². The van der Waals surface area contributed by atoms with Crippen LogP contribution in [0.2, 0.25) is 0 Å². The number of amides is 2. The first kappa shape index (κ1) is 28.7. The van der Waals surface area contributed by atoms with Gasteiger partial charge in [0.15, 0.2) is 23.7 Å². The predicted molar refractivity (Wildman–Crippen MR) is 126 cm³/mol. The van der Waals surface area contributed by atoms with Gasteiger partial charge in [-0.3, -0.25) is 14.5 Å². The minimum atomic E-state index is -5.27. The number of thioether (sulfide) groups is 1. The Labute approximate surface area is 229 Å². The van der Waals surface area contributed by atoms with Crippen LogP contribution in [0.15, 0.2) is 28.2 Å². The molecule has 4 aliphatic rings. The molecule has 20 heteroatoms. The second-order valence-corrected chi connectivity index (χ2v) is 10.4. The fourth-order valence-electron chi connectivity index (χ4n) is 5.25. The Morgan fingerprint density at radius 1 is 1.15 bits per heavy atom. The molecule has 4 heterocycles. The Kier molecular flexibility index (Phi) is 6.39.